The zero-order valence-electron chi connectivity index (χ0n) is 13.9. The van der Waals surface area contributed by atoms with Crippen LogP contribution in [0.2, 0.25) is 0 Å². The van der Waals surface area contributed by atoms with Gasteiger partial charge in [0.2, 0.25) is 0 Å². The lowest BCUT2D eigenvalue weighted by Gasteiger charge is -2.31. The maximum Gasteiger partial charge on any atom is 0.273 e. The standard InChI is InChI=1S/C17H21N3O3S/c1-19-6-8-20(9-7-19)17(21)15-12-24-16(18-15)11-23-14-5-3-4-13(10-14)22-2/h3-5,10,12H,6-9,11H2,1-2H3. The second-order valence-electron chi connectivity index (χ2n) is 5.69. The highest BCUT2D eigenvalue weighted by molar-refractivity contribution is 7.09. The van der Waals surface area contributed by atoms with Crippen LogP contribution in [0.15, 0.2) is 29.6 Å². The van der Waals surface area contributed by atoms with Crippen LogP contribution in [0.3, 0.4) is 0 Å². The summed E-state index contributed by atoms with van der Waals surface area (Å²) in [6.07, 6.45) is 0. The van der Waals surface area contributed by atoms with Gasteiger partial charge in [-0.3, -0.25) is 4.79 Å². The van der Waals surface area contributed by atoms with Crippen LogP contribution >= 0.6 is 11.3 Å². The molecule has 1 fully saturated rings. The highest BCUT2D eigenvalue weighted by Gasteiger charge is 2.22. The van der Waals surface area contributed by atoms with Gasteiger partial charge in [-0.2, -0.15) is 0 Å². The van der Waals surface area contributed by atoms with Crippen LogP contribution in [0.1, 0.15) is 15.5 Å². The molecule has 0 radical (unpaired) electrons. The molecular formula is C17H21N3O3S. The van der Waals surface area contributed by atoms with E-state index in [-0.39, 0.29) is 5.91 Å². The highest BCUT2D eigenvalue weighted by Crippen LogP contribution is 2.21. The third kappa shape index (κ3) is 4.04. The molecule has 0 unspecified atom stereocenters. The van der Waals surface area contributed by atoms with Gasteiger partial charge < -0.3 is 19.3 Å². The van der Waals surface area contributed by atoms with E-state index in [1.54, 1.807) is 7.11 Å². The summed E-state index contributed by atoms with van der Waals surface area (Å²) >= 11 is 1.45. The molecular weight excluding hydrogens is 326 g/mol. The molecule has 0 aliphatic carbocycles. The average molecular weight is 347 g/mol. The molecule has 2 heterocycles. The molecule has 0 N–H and O–H groups in total. The molecule has 2 aromatic rings. The quantitative estimate of drug-likeness (QED) is 0.829. The van der Waals surface area contributed by atoms with Crippen molar-refractivity contribution in [2.75, 3.05) is 40.3 Å². The number of amides is 1. The first-order chi connectivity index (χ1) is 11.7. The molecule has 1 aliphatic rings. The van der Waals surface area contributed by atoms with Crippen molar-refractivity contribution in [2.24, 2.45) is 0 Å². The Morgan fingerprint density at radius 2 is 2.00 bits per heavy atom. The minimum atomic E-state index is 0.00646. The van der Waals surface area contributed by atoms with Gasteiger partial charge >= 0.3 is 0 Å². The van der Waals surface area contributed by atoms with E-state index in [1.807, 2.05) is 34.5 Å². The lowest BCUT2D eigenvalue weighted by Crippen LogP contribution is -2.47. The molecule has 24 heavy (non-hydrogen) atoms. The summed E-state index contributed by atoms with van der Waals surface area (Å²) in [4.78, 5) is 21.0. The highest BCUT2D eigenvalue weighted by atomic mass is 32.1. The number of carbonyl (C=O) groups is 1. The van der Waals surface area contributed by atoms with E-state index in [2.05, 4.69) is 16.9 Å². The monoisotopic (exact) mass is 347 g/mol. The van der Waals surface area contributed by atoms with Gasteiger partial charge in [0.05, 0.1) is 7.11 Å². The van der Waals surface area contributed by atoms with Crippen LogP contribution in [-0.4, -0.2) is 61.0 Å². The van der Waals surface area contributed by atoms with Gasteiger partial charge in [-0.25, -0.2) is 4.98 Å². The number of piperazine rings is 1. The number of carbonyl (C=O) groups excluding carboxylic acids is 1. The molecule has 128 valence electrons. The summed E-state index contributed by atoms with van der Waals surface area (Å²) in [7, 11) is 3.69. The molecule has 3 rings (SSSR count). The number of hydrogen-bond acceptors (Lipinski definition) is 6. The summed E-state index contributed by atoms with van der Waals surface area (Å²) in [5.41, 5.74) is 0.508. The van der Waals surface area contributed by atoms with Crippen LogP contribution in [0.4, 0.5) is 0 Å². The van der Waals surface area contributed by atoms with E-state index in [0.29, 0.717) is 12.3 Å². The van der Waals surface area contributed by atoms with Gasteiger partial charge in [0.15, 0.2) is 0 Å². The van der Waals surface area contributed by atoms with Crippen molar-refractivity contribution in [1.82, 2.24) is 14.8 Å². The average Bonchev–Trinajstić information content (AvgIpc) is 3.09. The van der Waals surface area contributed by atoms with Crippen LogP contribution in [0.25, 0.3) is 0 Å². The number of ether oxygens (including phenoxy) is 2. The zero-order valence-corrected chi connectivity index (χ0v) is 14.7. The maximum absolute atomic E-state index is 12.5. The van der Waals surface area contributed by atoms with Crippen molar-refractivity contribution in [3.05, 3.63) is 40.3 Å². The molecule has 6 nitrogen and oxygen atoms in total. The summed E-state index contributed by atoms with van der Waals surface area (Å²) in [5.74, 6) is 1.47. The van der Waals surface area contributed by atoms with Crippen molar-refractivity contribution >= 4 is 17.2 Å². The first-order valence-electron chi connectivity index (χ1n) is 7.85. The molecule has 0 spiro atoms. The molecule has 1 aromatic heterocycles. The molecule has 1 aliphatic heterocycles. The minimum absolute atomic E-state index is 0.00646. The lowest BCUT2D eigenvalue weighted by atomic mass is 10.3. The van der Waals surface area contributed by atoms with Gasteiger partial charge in [-0.1, -0.05) is 6.07 Å². The second kappa shape index (κ2) is 7.63. The van der Waals surface area contributed by atoms with E-state index in [0.717, 1.165) is 42.7 Å². The molecule has 1 amide bonds. The van der Waals surface area contributed by atoms with Crippen molar-refractivity contribution in [3.63, 3.8) is 0 Å². The molecule has 0 bridgehead atoms. The van der Waals surface area contributed by atoms with Gasteiger partial charge in [0.1, 0.15) is 28.8 Å². The van der Waals surface area contributed by atoms with Crippen LogP contribution in [0, 0.1) is 0 Å². The van der Waals surface area contributed by atoms with Gasteiger partial charge in [-0.05, 0) is 19.2 Å². The second-order valence-corrected chi connectivity index (χ2v) is 6.63. The molecule has 0 atom stereocenters. The fourth-order valence-corrected chi connectivity index (χ4v) is 3.16. The van der Waals surface area contributed by atoms with Crippen molar-refractivity contribution < 1.29 is 14.3 Å². The number of hydrogen-bond donors (Lipinski definition) is 0. The Morgan fingerprint density at radius 1 is 1.25 bits per heavy atom. The first-order valence-corrected chi connectivity index (χ1v) is 8.73. The number of thiazole rings is 1. The van der Waals surface area contributed by atoms with Crippen LogP contribution < -0.4 is 9.47 Å². The largest absolute Gasteiger partial charge is 0.497 e. The van der Waals surface area contributed by atoms with Crippen molar-refractivity contribution in [1.29, 1.82) is 0 Å². The predicted molar refractivity (Wildman–Crippen MR) is 92.8 cm³/mol. The smallest absolute Gasteiger partial charge is 0.273 e. The minimum Gasteiger partial charge on any atom is -0.497 e. The Balaban J connectivity index is 1.58. The number of nitrogens with zero attached hydrogens (tertiary/aromatic N) is 3. The summed E-state index contributed by atoms with van der Waals surface area (Å²) in [5, 5.41) is 2.60. The van der Waals surface area contributed by atoms with Crippen molar-refractivity contribution in [2.45, 2.75) is 6.61 Å². The normalized spacial score (nSPS) is 15.3. The number of likely N-dealkylation sites (N-methyl/N-ethyl adjacent to an activating group) is 1. The van der Waals surface area contributed by atoms with Gasteiger partial charge in [-0.15, -0.1) is 11.3 Å². The van der Waals surface area contributed by atoms with E-state index < -0.39 is 0 Å². The number of benzene rings is 1. The zero-order chi connectivity index (χ0) is 16.9. The topological polar surface area (TPSA) is 54.9 Å². The third-order valence-electron chi connectivity index (χ3n) is 3.96. The number of methoxy groups -OCH3 is 1. The molecule has 0 saturated carbocycles. The van der Waals surface area contributed by atoms with Gasteiger partial charge in [0, 0.05) is 37.6 Å². The van der Waals surface area contributed by atoms with Gasteiger partial charge in [0.25, 0.3) is 5.91 Å². The summed E-state index contributed by atoms with van der Waals surface area (Å²) in [6.45, 7) is 3.65. The Labute approximate surface area is 145 Å². The molecule has 1 aromatic carbocycles. The van der Waals surface area contributed by atoms with Crippen molar-refractivity contribution in [3.8, 4) is 11.5 Å². The van der Waals surface area contributed by atoms with E-state index in [4.69, 9.17) is 9.47 Å². The maximum atomic E-state index is 12.5. The Morgan fingerprint density at radius 3 is 2.75 bits per heavy atom. The Kier molecular flexibility index (Phi) is 5.32. The SMILES string of the molecule is COc1cccc(OCc2nc(C(=O)N3CCN(C)CC3)cs2)c1. The van der Waals surface area contributed by atoms with E-state index in [9.17, 15) is 4.79 Å². The number of rotatable bonds is 5. The number of aromatic nitrogens is 1. The van der Waals surface area contributed by atoms with E-state index >= 15 is 0 Å². The first kappa shape index (κ1) is 16.7. The molecule has 7 heteroatoms. The Bertz CT molecular complexity index is 696. The third-order valence-corrected chi connectivity index (χ3v) is 4.79. The predicted octanol–water partition coefficient (Wildman–Crippen LogP) is 2.12. The summed E-state index contributed by atoms with van der Waals surface area (Å²) in [6, 6.07) is 7.43. The fourth-order valence-electron chi connectivity index (χ4n) is 2.48. The molecule has 1 saturated heterocycles. The summed E-state index contributed by atoms with van der Waals surface area (Å²) < 4.78 is 10.9. The fraction of sp³-hybridized carbons (Fsp3) is 0.412. The van der Waals surface area contributed by atoms with Crippen LogP contribution in [0.5, 0.6) is 11.5 Å². The van der Waals surface area contributed by atoms with Crippen LogP contribution in [-0.2, 0) is 6.61 Å². The Hall–Kier alpha value is -2.12. The van der Waals surface area contributed by atoms with E-state index in [1.165, 1.54) is 11.3 Å². The lowest BCUT2D eigenvalue weighted by molar-refractivity contribution is 0.0658.